The van der Waals surface area contributed by atoms with Crippen LogP contribution >= 0.6 is 15.6 Å². The molecule has 18 heteroatoms. The zero-order valence-electron chi connectivity index (χ0n) is 42.8. The van der Waals surface area contributed by atoms with E-state index < -0.39 is 64.8 Å². The first-order chi connectivity index (χ1) is 32.5. The van der Waals surface area contributed by atoms with Crippen LogP contribution in [0.1, 0.15) is 252 Å². The quantitative estimate of drug-likeness (QED) is 0.0209. The third kappa shape index (κ3) is 45.4. The second kappa shape index (κ2) is 44.0. The summed E-state index contributed by atoms with van der Waals surface area (Å²) in [4.78, 5) is 90.2. The molecule has 2 unspecified atom stereocenters. The van der Waals surface area contributed by atoms with Crippen molar-refractivity contribution in [2.45, 2.75) is 270 Å². The standard InChI is InChI=1S/C50H99N3O13P2/c1-4-7-10-13-16-19-22-25-28-32-43(39-45(54)34-29-26-23-20-17-14-11-8-5-2)40-48(56)53-47(36-38-65-67(59,60)61)50(58)51-37-31-33-44(42-66-68(62,63)64)52-49(57)41-46(55)35-30-27-24-21-18-15-12-9-6-3/h43-44,46-47,55H,4-42H2,1-3H3,(H,51,58)(H,52,57)(H,53,56)(H2,59,60,61)(H2,62,63,64)/t43-,44?,46-,47?/m0/s1. The van der Waals surface area contributed by atoms with Crippen LogP contribution in [0.4, 0.5) is 0 Å². The molecule has 0 aliphatic rings. The first kappa shape index (κ1) is 66.3. The predicted molar refractivity (Wildman–Crippen MR) is 271 cm³/mol. The molecule has 0 aromatic carbocycles. The summed E-state index contributed by atoms with van der Waals surface area (Å²) in [6, 6.07) is -2.08. The van der Waals surface area contributed by atoms with Gasteiger partial charge in [0.05, 0.1) is 31.8 Å². The van der Waals surface area contributed by atoms with E-state index in [9.17, 15) is 53.0 Å². The summed E-state index contributed by atoms with van der Waals surface area (Å²) in [6.07, 6.45) is 31.6. The molecular weight excluding hydrogens is 913 g/mol. The van der Waals surface area contributed by atoms with E-state index in [4.69, 9.17) is 0 Å². The number of hydrogen-bond acceptors (Lipinski definition) is 9. The molecule has 0 aliphatic carbocycles. The average molecular weight is 1010 g/mol. The monoisotopic (exact) mass is 1010 g/mol. The first-order valence-electron chi connectivity index (χ1n) is 27.0. The number of hydrogen-bond donors (Lipinski definition) is 8. The van der Waals surface area contributed by atoms with Gasteiger partial charge < -0.3 is 40.6 Å². The number of carbonyl (C=O) groups is 4. The molecule has 0 saturated heterocycles. The fourth-order valence-electron chi connectivity index (χ4n) is 8.51. The Morgan fingerprint density at radius 2 is 0.926 bits per heavy atom. The van der Waals surface area contributed by atoms with Gasteiger partial charge in [-0.2, -0.15) is 0 Å². The summed E-state index contributed by atoms with van der Waals surface area (Å²) in [5, 5.41) is 18.6. The fourth-order valence-corrected chi connectivity index (χ4v) is 9.23. The lowest BCUT2D eigenvalue weighted by Gasteiger charge is -2.22. The second-order valence-corrected chi connectivity index (χ2v) is 21.7. The molecule has 0 radical (unpaired) electrons. The smallest absolute Gasteiger partial charge is 0.393 e. The molecule has 0 heterocycles. The Balaban J connectivity index is 5.40. The van der Waals surface area contributed by atoms with Gasteiger partial charge >= 0.3 is 15.6 Å². The van der Waals surface area contributed by atoms with Crippen molar-refractivity contribution >= 4 is 39.2 Å². The Kier molecular flexibility index (Phi) is 42.9. The van der Waals surface area contributed by atoms with Crippen molar-refractivity contribution < 1.29 is 62.0 Å². The van der Waals surface area contributed by atoms with E-state index in [-0.39, 0.29) is 56.8 Å². The summed E-state index contributed by atoms with van der Waals surface area (Å²) in [6.45, 7) is 5.57. The van der Waals surface area contributed by atoms with Crippen molar-refractivity contribution in [1.29, 1.82) is 0 Å². The molecular formula is C50H99N3O13P2. The number of carbonyl (C=O) groups excluding carboxylic acids is 4. The molecule has 16 nitrogen and oxygen atoms in total. The maximum Gasteiger partial charge on any atom is 0.469 e. The van der Waals surface area contributed by atoms with Crippen molar-refractivity contribution in [2.75, 3.05) is 19.8 Å². The van der Waals surface area contributed by atoms with Crippen LogP contribution in [0.2, 0.25) is 0 Å². The third-order valence-electron chi connectivity index (χ3n) is 12.5. The summed E-state index contributed by atoms with van der Waals surface area (Å²) >= 11 is 0. The highest BCUT2D eigenvalue weighted by Gasteiger charge is 2.26. The van der Waals surface area contributed by atoms with Crippen LogP contribution in [0.5, 0.6) is 0 Å². The van der Waals surface area contributed by atoms with Gasteiger partial charge in [-0.25, -0.2) is 9.13 Å². The van der Waals surface area contributed by atoms with Crippen molar-refractivity contribution in [1.82, 2.24) is 16.0 Å². The summed E-state index contributed by atoms with van der Waals surface area (Å²) < 4.78 is 32.2. The van der Waals surface area contributed by atoms with Crippen molar-refractivity contribution in [3.05, 3.63) is 0 Å². The Morgan fingerprint density at radius 3 is 1.41 bits per heavy atom. The van der Waals surface area contributed by atoms with E-state index in [1.165, 1.54) is 103 Å². The minimum absolute atomic E-state index is 0.0124. The van der Waals surface area contributed by atoms with Gasteiger partial charge in [0, 0.05) is 32.2 Å². The van der Waals surface area contributed by atoms with Crippen LogP contribution < -0.4 is 16.0 Å². The van der Waals surface area contributed by atoms with Gasteiger partial charge in [-0.05, 0) is 38.0 Å². The Hall–Kier alpha value is -1.74. The average Bonchev–Trinajstić information content (AvgIpc) is 3.26. The maximum absolute atomic E-state index is 13.6. The maximum atomic E-state index is 13.6. The van der Waals surface area contributed by atoms with Crippen molar-refractivity contribution in [3.63, 3.8) is 0 Å². The van der Waals surface area contributed by atoms with Crippen LogP contribution in [0.3, 0.4) is 0 Å². The highest BCUT2D eigenvalue weighted by molar-refractivity contribution is 7.46. The lowest BCUT2D eigenvalue weighted by molar-refractivity contribution is -0.130. The lowest BCUT2D eigenvalue weighted by Crippen LogP contribution is -2.48. The molecule has 4 atom stereocenters. The van der Waals surface area contributed by atoms with Gasteiger partial charge in [0.1, 0.15) is 11.8 Å². The van der Waals surface area contributed by atoms with E-state index >= 15 is 0 Å². The van der Waals surface area contributed by atoms with E-state index in [0.717, 1.165) is 70.6 Å². The molecule has 8 N–H and O–H groups in total. The van der Waals surface area contributed by atoms with Gasteiger partial charge in [-0.3, -0.25) is 28.2 Å². The lowest BCUT2D eigenvalue weighted by atomic mass is 9.90. The van der Waals surface area contributed by atoms with Crippen LogP contribution in [0.25, 0.3) is 0 Å². The summed E-state index contributed by atoms with van der Waals surface area (Å²) in [5.74, 6) is -1.71. The van der Waals surface area contributed by atoms with Crippen molar-refractivity contribution in [3.8, 4) is 0 Å². The number of nitrogens with one attached hydrogen (secondary N) is 3. The highest BCUT2D eigenvalue weighted by Crippen LogP contribution is 2.36. The highest BCUT2D eigenvalue weighted by atomic mass is 31.2. The number of Topliss-reactive ketones (excluding diaryl/α,β-unsaturated/α-hetero) is 1. The summed E-state index contributed by atoms with van der Waals surface area (Å²) in [7, 11) is -9.74. The van der Waals surface area contributed by atoms with Gasteiger partial charge in [0.15, 0.2) is 0 Å². The first-order valence-corrected chi connectivity index (χ1v) is 30.0. The summed E-state index contributed by atoms with van der Waals surface area (Å²) in [5.41, 5.74) is 0. The van der Waals surface area contributed by atoms with E-state index in [1.807, 2.05) is 0 Å². The largest absolute Gasteiger partial charge is 0.469 e. The van der Waals surface area contributed by atoms with Crippen LogP contribution in [-0.4, -0.2) is 86.1 Å². The van der Waals surface area contributed by atoms with Crippen LogP contribution in [-0.2, 0) is 37.4 Å². The third-order valence-corrected chi connectivity index (χ3v) is 13.5. The molecule has 68 heavy (non-hydrogen) atoms. The zero-order valence-corrected chi connectivity index (χ0v) is 44.6. The van der Waals surface area contributed by atoms with E-state index in [0.29, 0.717) is 19.3 Å². The Morgan fingerprint density at radius 1 is 0.485 bits per heavy atom. The Labute approximate surface area is 411 Å². The number of aliphatic hydroxyl groups is 1. The number of phosphoric ester groups is 2. The van der Waals surface area contributed by atoms with Crippen LogP contribution in [0, 0.1) is 5.92 Å². The SMILES string of the molecule is CCCCCCCCCCCC(=O)C[C@H](CCCCCCCCCCC)CC(=O)NC(CCOP(=O)(O)O)C(=O)NCCCC(COP(=O)(O)O)NC(=O)C[C@@H](O)CCCCCCCCCCC. The predicted octanol–water partition coefficient (Wildman–Crippen LogP) is 10.9. The topological polar surface area (TPSA) is 258 Å². The van der Waals surface area contributed by atoms with Gasteiger partial charge in [0.2, 0.25) is 17.7 Å². The minimum Gasteiger partial charge on any atom is -0.393 e. The molecule has 3 amide bonds. The molecule has 0 saturated carbocycles. The number of amides is 3. The Bertz CT molecular complexity index is 1370. The molecule has 0 aromatic heterocycles. The molecule has 0 spiro atoms. The molecule has 0 fully saturated rings. The molecule has 0 aliphatic heterocycles. The number of unbranched alkanes of at least 4 members (excludes halogenated alkanes) is 24. The second-order valence-electron chi connectivity index (χ2n) is 19.2. The molecule has 0 aromatic rings. The van der Waals surface area contributed by atoms with E-state index in [1.54, 1.807) is 0 Å². The normalized spacial score (nSPS) is 13.8. The van der Waals surface area contributed by atoms with Crippen molar-refractivity contribution in [2.24, 2.45) is 5.92 Å². The zero-order chi connectivity index (χ0) is 50.7. The minimum atomic E-state index is -4.87. The molecule has 402 valence electrons. The number of ketones is 1. The fraction of sp³-hybridized carbons (Fsp3) is 0.920. The molecule has 0 rings (SSSR count). The number of phosphoric acid groups is 2. The molecule has 0 bridgehead atoms. The van der Waals surface area contributed by atoms with Gasteiger partial charge in [-0.1, -0.05) is 188 Å². The number of rotatable bonds is 50. The number of aliphatic hydroxyl groups excluding tert-OH is 1. The van der Waals surface area contributed by atoms with E-state index in [2.05, 4.69) is 45.8 Å². The van der Waals surface area contributed by atoms with Gasteiger partial charge in [0.25, 0.3) is 0 Å². The van der Waals surface area contributed by atoms with Crippen LogP contribution in [0.15, 0.2) is 0 Å². The van der Waals surface area contributed by atoms with Gasteiger partial charge in [-0.15, -0.1) is 0 Å².